The first-order chi connectivity index (χ1) is 9.24. The number of hydrogen-bond acceptors (Lipinski definition) is 2. The lowest BCUT2D eigenvalue weighted by Gasteiger charge is -2.23. The molecule has 1 aliphatic rings. The van der Waals surface area contributed by atoms with E-state index in [0.717, 1.165) is 12.3 Å². The standard InChI is InChI=1S/C16H25BrN2/c1-2-13-4-3-10-19(11-8-13)15-6-5-14(7-9-18)16(17)12-15/h5-6,12-13H,2-4,7-11,18H2,1H3. The highest BCUT2D eigenvalue weighted by Gasteiger charge is 2.16. The highest BCUT2D eigenvalue weighted by Crippen LogP contribution is 2.28. The summed E-state index contributed by atoms with van der Waals surface area (Å²) in [5, 5.41) is 0. The van der Waals surface area contributed by atoms with Gasteiger partial charge in [0.15, 0.2) is 0 Å². The van der Waals surface area contributed by atoms with Crippen LogP contribution < -0.4 is 10.6 Å². The van der Waals surface area contributed by atoms with Gasteiger partial charge in [-0.25, -0.2) is 0 Å². The number of halogens is 1. The molecule has 1 saturated heterocycles. The van der Waals surface area contributed by atoms with Crippen LogP contribution in [0.1, 0.15) is 38.2 Å². The van der Waals surface area contributed by atoms with Crippen LogP contribution >= 0.6 is 15.9 Å². The third-order valence-electron chi connectivity index (χ3n) is 4.24. The van der Waals surface area contributed by atoms with Crippen LogP contribution in [0.4, 0.5) is 5.69 Å². The minimum Gasteiger partial charge on any atom is -0.371 e. The maximum absolute atomic E-state index is 5.63. The third kappa shape index (κ3) is 3.96. The van der Waals surface area contributed by atoms with Gasteiger partial charge in [0.2, 0.25) is 0 Å². The molecule has 3 heteroatoms. The van der Waals surface area contributed by atoms with E-state index in [9.17, 15) is 0 Å². The first-order valence-electron chi connectivity index (χ1n) is 7.48. The Morgan fingerprint density at radius 2 is 2.16 bits per heavy atom. The molecule has 0 radical (unpaired) electrons. The van der Waals surface area contributed by atoms with Crippen molar-refractivity contribution in [1.29, 1.82) is 0 Å². The Hall–Kier alpha value is -0.540. The van der Waals surface area contributed by atoms with E-state index < -0.39 is 0 Å². The van der Waals surface area contributed by atoms with Crippen LogP contribution in [0.2, 0.25) is 0 Å². The van der Waals surface area contributed by atoms with Crippen molar-refractivity contribution in [2.24, 2.45) is 11.7 Å². The fraction of sp³-hybridized carbons (Fsp3) is 0.625. The van der Waals surface area contributed by atoms with Crippen molar-refractivity contribution < 1.29 is 0 Å². The van der Waals surface area contributed by atoms with Crippen molar-refractivity contribution in [1.82, 2.24) is 0 Å². The highest BCUT2D eigenvalue weighted by atomic mass is 79.9. The largest absolute Gasteiger partial charge is 0.371 e. The molecule has 19 heavy (non-hydrogen) atoms. The molecule has 0 aliphatic carbocycles. The SMILES string of the molecule is CCC1CCCN(c2ccc(CCN)c(Br)c2)CC1. The van der Waals surface area contributed by atoms with Crippen LogP contribution in [0.25, 0.3) is 0 Å². The second-order valence-electron chi connectivity index (χ2n) is 5.51. The normalized spacial score (nSPS) is 20.4. The van der Waals surface area contributed by atoms with Crippen LogP contribution in [-0.4, -0.2) is 19.6 Å². The van der Waals surface area contributed by atoms with Gasteiger partial charge in [0, 0.05) is 23.2 Å². The number of benzene rings is 1. The average Bonchev–Trinajstić information content (AvgIpc) is 2.66. The van der Waals surface area contributed by atoms with E-state index in [4.69, 9.17) is 5.73 Å². The maximum Gasteiger partial charge on any atom is 0.0377 e. The van der Waals surface area contributed by atoms with Gasteiger partial charge < -0.3 is 10.6 Å². The smallest absolute Gasteiger partial charge is 0.0377 e. The van der Waals surface area contributed by atoms with E-state index in [2.05, 4.69) is 46.0 Å². The van der Waals surface area contributed by atoms with E-state index >= 15 is 0 Å². The Morgan fingerprint density at radius 3 is 2.84 bits per heavy atom. The summed E-state index contributed by atoms with van der Waals surface area (Å²) >= 11 is 3.68. The van der Waals surface area contributed by atoms with E-state index in [1.807, 2.05) is 0 Å². The Balaban J connectivity index is 2.07. The molecule has 2 rings (SSSR count). The summed E-state index contributed by atoms with van der Waals surface area (Å²) < 4.78 is 1.20. The van der Waals surface area contributed by atoms with Crippen molar-refractivity contribution >= 4 is 21.6 Å². The Bertz CT molecular complexity index is 406. The molecular weight excluding hydrogens is 300 g/mol. The van der Waals surface area contributed by atoms with Crippen molar-refractivity contribution in [2.45, 2.75) is 39.0 Å². The topological polar surface area (TPSA) is 29.3 Å². The second-order valence-corrected chi connectivity index (χ2v) is 6.36. The highest BCUT2D eigenvalue weighted by molar-refractivity contribution is 9.10. The van der Waals surface area contributed by atoms with Gasteiger partial charge in [-0.3, -0.25) is 0 Å². The second kappa shape index (κ2) is 7.30. The molecular formula is C16H25BrN2. The summed E-state index contributed by atoms with van der Waals surface area (Å²) in [6.45, 7) is 5.42. The van der Waals surface area contributed by atoms with E-state index in [0.29, 0.717) is 6.54 Å². The van der Waals surface area contributed by atoms with Gasteiger partial charge in [0.05, 0.1) is 0 Å². The lowest BCUT2D eigenvalue weighted by molar-refractivity contribution is 0.459. The molecule has 0 amide bonds. The van der Waals surface area contributed by atoms with Gasteiger partial charge in [-0.15, -0.1) is 0 Å². The molecule has 2 nitrogen and oxygen atoms in total. The lowest BCUT2D eigenvalue weighted by atomic mass is 9.98. The lowest BCUT2D eigenvalue weighted by Crippen LogP contribution is -2.24. The first kappa shape index (κ1) is 14.9. The number of anilines is 1. The summed E-state index contributed by atoms with van der Waals surface area (Å²) in [7, 11) is 0. The van der Waals surface area contributed by atoms with Gasteiger partial charge in [-0.2, -0.15) is 0 Å². The van der Waals surface area contributed by atoms with Crippen molar-refractivity contribution in [3.63, 3.8) is 0 Å². The van der Waals surface area contributed by atoms with Gasteiger partial charge in [-0.1, -0.05) is 35.3 Å². The predicted octanol–water partition coefficient (Wildman–Crippen LogP) is 3.97. The monoisotopic (exact) mass is 324 g/mol. The summed E-state index contributed by atoms with van der Waals surface area (Å²) in [6.07, 6.45) is 6.31. The zero-order chi connectivity index (χ0) is 13.7. The Morgan fingerprint density at radius 1 is 1.32 bits per heavy atom. The minimum absolute atomic E-state index is 0.708. The number of rotatable bonds is 4. The summed E-state index contributed by atoms with van der Waals surface area (Å²) in [6, 6.07) is 6.73. The van der Waals surface area contributed by atoms with Crippen LogP contribution in [0.15, 0.2) is 22.7 Å². The molecule has 1 aromatic rings. The summed E-state index contributed by atoms with van der Waals surface area (Å²) in [5.41, 5.74) is 8.29. The van der Waals surface area contributed by atoms with Gasteiger partial charge in [-0.05, 0) is 55.8 Å². The van der Waals surface area contributed by atoms with Crippen LogP contribution in [0.5, 0.6) is 0 Å². The molecule has 1 atom stereocenters. The molecule has 0 spiro atoms. The maximum atomic E-state index is 5.63. The van der Waals surface area contributed by atoms with Crippen molar-refractivity contribution in [3.05, 3.63) is 28.2 Å². The minimum atomic E-state index is 0.708. The quantitative estimate of drug-likeness (QED) is 0.908. The molecule has 1 unspecified atom stereocenters. The van der Waals surface area contributed by atoms with E-state index in [1.165, 1.54) is 54.5 Å². The first-order valence-corrected chi connectivity index (χ1v) is 8.27. The van der Waals surface area contributed by atoms with Crippen LogP contribution in [0, 0.1) is 5.92 Å². The van der Waals surface area contributed by atoms with E-state index in [-0.39, 0.29) is 0 Å². The number of hydrogen-bond donors (Lipinski definition) is 1. The third-order valence-corrected chi connectivity index (χ3v) is 4.98. The number of nitrogens with zero attached hydrogens (tertiary/aromatic N) is 1. The summed E-state index contributed by atoms with van der Waals surface area (Å²) in [5.74, 6) is 0.921. The Labute approximate surface area is 125 Å². The van der Waals surface area contributed by atoms with Gasteiger partial charge >= 0.3 is 0 Å². The van der Waals surface area contributed by atoms with E-state index in [1.54, 1.807) is 0 Å². The molecule has 1 aliphatic heterocycles. The predicted molar refractivity (Wildman–Crippen MR) is 86.7 cm³/mol. The van der Waals surface area contributed by atoms with Gasteiger partial charge in [0.1, 0.15) is 0 Å². The van der Waals surface area contributed by atoms with Gasteiger partial charge in [0.25, 0.3) is 0 Å². The van der Waals surface area contributed by atoms with Crippen molar-refractivity contribution in [3.8, 4) is 0 Å². The van der Waals surface area contributed by atoms with Crippen LogP contribution in [-0.2, 0) is 6.42 Å². The number of nitrogens with two attached hydrogens (primary N) is 1. The molecule has 1 aromatic carbocycles. The fourth-order valence-corrected chi connectivity index (χ4v) is 3.49. The molecule has 0 saturated carbocycles. The molecule has 0 aromatic heterocycles. The van der Waals surface area contributed by atoms with Crippen LogP contribution in [0.3, 0.4) is 0 Å². The molecule has 1 fully saturated rings. The molecule has 0 bridgehead atoms. The van der Waals surface area contributed by atoms with Crippen molar-refractivity contribution in [2.75, 3.05) is 24.5 Å². The molecule has 1 heterocycles. The average molecular weight is 325 g/mol. The molecule has 106 valence electrons. The molecule has 2 N–H and O–H groups in total. The summed E-state index contributed by atoms with van der Waals surface area (Å²) in [4.78, 5) is 2.53. The zero-order valence-electron chi connectivity index (χ0n) is 11.9. The fourth-order valence-electron chi connectivity index (χ4n) is 2.92. The zero-order valence-corrected chi connectivity index (χ0v) is 13.5. The Kier molecular flexibility index (Phi) is 5.71.